The quantitative estimate of drug-likeness (QED) is 0.283. The lowest BCUT2D eigenvalue weighted by Crippen LogP contribution is -2.27. The molecular weight excluding hydrogens is 290 g/mol. The minimum atomic E-state index is 0.842. The van der Waals surface area contributed by atoms with Crippen LogP contribution >= 0.6 is 0 Å². The highest BCUT2D eigenvalue weighted by Gasteiger charge is 2.10. The van der Waals surface area contributed by atoms with E-state index in [4.69, 9.17) is 0 Å². The first kappa shape index (κ1) is 22.0. The topological polar surface area (TPSA) is 12.0 Å². The Kier molecular flexibility index (Phi) is 16.3. The van der Waals surface area contributed by atoms with E-state index in [-0.39, 0.29) is 0 Å². The molecule has 0 radical (unpaired) electrons. The van der Waals surface area contributed by atoms with Crippen LogP contribution in [0.15, 0.2) is 0 Å². The molecule has 0 aromatic carbocycles. The second kappa shape index (κ2) is 17.8. The molecule has 1 unspecified atom stereocenters. The van der Waals surface area contributed by atoms with Gasteiger partial charge in [-0.2, -0.15) is 0 Å². The van der Waals surface area contributed by atoms with Crippen LogP contribution < -0.4 is 5.32 Å². The van der Waals surface area contributed by atoms with Crippen molar-refractivity contribution in [1.29, 1.82) is 0 Å². The summed E-state index contributed by atoms with van der Waals surface area (Å²) in [6.45, 7) is 3.57. The van der Waals surface area contributed by atoms with Crippen LogP contribution in [0.3, 0.4) is 0 Å². The largest absolute Gasteiger partial charge is 0.314 e. The average molecular weight is 338 g/mol. The van der Waals surface area contributed by atoms with Gasteiger partial charge in [-0.1, -0.05) is 116 Å². The number of hydrogen-bond acceptors (Lipinski definition) is 1. The van der Waals surface area contributed by atoms with Crippen LogP contribution in [0, 0.1) is 0 Å². The molecule has 0 bridgehead atoms. The fourth-order valence-corrected chi connectivity index (χ4v) is 4.11. The molecule has 1 nitrogen and oxygen atoms in total. The maximum Gasteiger partial charge on any atom is 0.00670 e. The number of nitrogens with one attached hydrogen (secondary N) is 1. The number of rotatable bonds is 16. The zero-order valence-electron chi connectivity index (χ0n) is 16.9. The van der Waals surface area contributed by atoms with Gasteiger partial charge in [-0.25, -0.2) is 0 Å². The lowest BCUT2D eigenvalue weighted by molar-refractivity contribution is 0.448. The minimum Gasteiger partial charge on any atom is -0.314 e. The highest BCUT2D eigenvalue weighted by molar-refractivity contribution is 4.70. The standard InChI is InChI=1S/C23H47N/c1-2-3-4-5-6-7-8-9-10-11-12-13-14-15-17-20-23-21-18-16-19-22-24-23/h23-24H,2-22H2,1H3. The molecule has 1 saturated heterocycles. The second-order valence-corrected chi connectivity index (χ2v) is 8.24. The zero-order chi connectivity index (χ0) is 17.1. The van der Waals surface area contributed by atoms with Crippen LogP contribution in [0.2, 0.25) is 0 Å². The molecule has 1 fully saturated rings. The van der Waals surface area contributed by atoms with Crippen molar-refractivity contribution in [3.63, 3.8) is 0 Å². The molecule has 144 valence electrons. The molecule has 0 spiro atoms. The van der Waals surface area contributed by atoms with Crippen molar-refractivity contribution in [2.75, 3.05) is 6.54 Å². The Morgan fingerprint density at radius 3 is 1.62 bits per heavy atom. The van der Waals surface area contributed by atoms with Gasteiger partial charge >= 0.3 is 0 Å². The van der Waals surface area contributed by atoms with Gasteiger partial charge in [0.25, 0.3) is 0 Å². The summed E-state index contributed by atoms with van der Waals surface area (Å²) in [5.41, 5.74) is 0. The van der Waals surface area contributed by atoms with Crippen molar-refractivity contribution in [3.8, 4) is 0 Å². The second-order valence-electron chi connectivity index (χ2n) is 8.24. The van der Waals surface area contributed by atoms with Gasteiger partial charge < -0.3 is 5.32 Å². The van der Waals surface area contributed by atoms with Crippen LogP contribution in [-0.4, -0.2) is 12.6 Å². The molecule has 1 heteroatoms. The van der Waals surface area contributed by atoms with E-state index in [1.165, 1.54) is 135 Å². The molecule has 1 aliphatic heterocycles. The molecule has 1 N–H and O–H groups in total. The SMILES string of the molecule is CCCCCCCCCCCCCCCCCC1CCCCCN1. The van der Waals surface area contributed by atoms with Crippen LogP contribution in [0.5, 0.6) is 0 Å². The van der Waals surface area contributed by atoms with Gasteiger partial charge in [-0.3, -0.25) is 0 Å². The van der Waals surface area contributed by atoms with Crippen molar-refractivity contribution in [1.82, 2.24) is 5.32 Å². The Morgan fingerprint density at radius 1 is 0.583 bits per heavy atom. The third-order valence-corrected chi connectivity index (χ3v) is 5.82. The van der Waals surface area contributed by atoms with Gasteiger partial charge in [0.2, 0.25) is 0 Å². The van der Waals surface area contributed by atoms with Crippen molar-refractivity contribution in [2.24, 2.45) is 0 Å². The van der Waals surface area contributed by atoms with Crippen molar-refractivity contribution in [3.05, 3.63) is 0 Å². The normalized spacial score (nSPS) is 18.6. The van der Waals surface area contributed by atoms with Crippen LogP contribution in [0.4, 0.5) is 0 Å². The van der Waals surface area contributed by atoms with Crippen LogP contribution in [-0.2, 0) is 0 Å². The van der Waals surface area contributed by atoms with Crippen LogP contribution in [0.1, 0.15) is 135 Å². The number of unbranched alkanes of at least 4 members (excludes halogenated alkanes) is 14. The molecular formula is C23H47N. The van der Waals surface area contributed by atoms with E-state index >= 15 is 0 Å². The highest BCUT2D eigenvalue weighted by Crippen LogP contribution is 2.16. The summed E-state index contributed by atoms with van der Waals surface area (Å²) in [5, 5.41) is 3.73. The van der Waals surface area contributed by atoms with E-state index in [1.54, 1.807) is 0 Å². The van der Waals surface area contributed by atoms with E-state index in [9.17, 15) is 0 Å². The molecule has 0 saturated carbocycles. The maximum absolute atomic E-state index is 3.73. The molecule has 0 amide bonds. The van der Waals surface area contributed by atoms with E-state index in [1.807, 2.05) is 0 Å². The molecule has 1 rings (SSSR count). The third kappa shape index (κ3) is 14.3. The smallest absolute Gasteiger partial charge is 0.00670 e. The maximum atomic E-state index is 3.73. The van der Waals surface area contributed by atoms with E-state index in [0.717, 1.165) is 6.04 Å². The first-order chi connectivity index (χ1) is 11.9. The van der Waals surface area contributed by atoms with E-state index < -0.39 is 0 Å². The van der Waals surface area contributed by atoms with Crippen LogP contribution in [0.25, 0.3) is 0 Å². The molecule has 1 aliphatic rings. The Labute approximate surface area is 153 Å². The summed E-state index contributed by atoms with van der Waals surface area (Å²) in [7, 11) is 0. The van der Waals surface area contributed by atoms with E-state index in [2.05, 4.69) is 12.2 Å². The monoisotopic (exact) mass is 337 g/mol. The lowest BCUT2D eigenvalue weighted by Gasteiger charge is -2.15. The minimum absolute atomic E-state index is 0.842. The summed E-state index contributed by atoms with van der Waals surface area (Å²) < 4.78 is 0. The fourth-order valence-electron chi connectivity index (χ4n) is 4.11. The van der Waals surface area contributed by atoms with Gasteiger partial charge in [-0.05, 0) is 25.8 Å². The van der Waals surface area contributed by atoms with Gasteiger partial charge in [0, 0.05) is 6.04 Å². The molecule has 24 heavy (non-hydrogen) atoms. The Morgan fingerprint density at radius 2 is 1.08 bits per heavy atom. The first-order valence-corrected chi connectivity index (χ1v) is 11.7. The fraction of sp³-hybridized carbons (Fsp3) is 1.00. The lowest BCUT2D eigenvalue weighted by atomic mass is 10.0. The summed E-state index contributed by atoms with van der Waals surface area (Å²) in [5.74, 6) is 0. The number of hydrogen-bond donors (Lipinski definition) is 1. The molecule has 0 aromatic heterocycles. The van der Waals surface area contributed by atoms with Gasteiger partial charge in [0.15, 0.2) is 0 Å². The van der Waals surface area contributed by atoms with Crippen molar-refractivity contribution >= 4 is 0 Å². The van der Waals surface area contributed by atoms with Crippen molar-refractivity contribution in [2.45, 2.75) is 141 Å². The zero-order valence-corrected chi connectivity index (χ0v) is 16.9. The summed E-state index contributed by atoms with van der Waals surface area (Å²) in [6.07, 6.45) is 29.2. The van der Waals surface area contributed by atoms with Gasteiger partial charge in [0.05, 0.1) is 0 Å². The Bertz CT molecular complexity index is 230. The molecule has 1 heterocycles. The molecule has 0 aliphatic carbocycles. The predicted molar refractivity (Wildman–Crippen MR) is 110 cm³/mol. The van der Waals surface area contributed by atoms with Gasteiger partial charge in [0.1, 0.15) is 0 Å². The predicted octanol–water partition coefficient (Wildman–Crippen LogP) is 7.78. The summed E-state index contributed by atoms with van der Waals surface area (Å²) >= 11 is 0. The first-order valence-electron chi connectivity index (χ1n) is 11.7. The van der Waals surface area contributed by atoms with Crippen molar-refractivity contribution < 1.29 is 0 Å². The highest BCUT2D eigenvalue weighted by atomic mass is 14.9. The summed E-state index contributed by atoms with van der Waals surface area (Å²) in [6, 6.07) is 0.842. The average Bonchev–Trinajstić information content (AvgIpc) is 2.87. The third-order valence-electron chi connectivity index (χ3n) is 5.82. The Balaban J connectivity index is 1.70. The Hall–Kier alpha value is -0.0400. The summed E-state index contributed by atoms with van der Waals surface area (Å²) in [4.78, 5) is 0. The molecule has 0 aromatic rings. The van der Waals surface area contributed by atoms with E-state index in [0.29, 0.717) is 0 Å². The molecule has 1 atom stereocenters. The van der Waals surface area contributed by atoms with Gasteiger partial charge in [-0.15, -0.1) is 0 Å².